The molecule has 0 bridgehead atoms. The zero-order valence-corrected chi connectivity index (χ0v) is 20.3. The zero-order chi connectivity index (χ0) is 25.9. The smallest absolute Gasteiger partial charge is 0.284 e. The van der Waals surface area contributed by atoms with Crippen molar-refractivity contribution in [2.24, 2.45) is 0 Å². The lowest BCUT2D eigenvalue weighted by atomic mass is 10.0. The second-order valence-corrected chi connectivity index (χ2v) is 8.55. The van der Waals surface area contributed by atoms with Crippen LogP contribution in [0.5, 0.6) is 0 Å². The van der Waals surface area contributed by atoms with Crippen LogP contribution in [0.1, 0.15) is 5.89 Å². The Bertz CT molecular complexity index is 1770. The molecule has 1 N–H and O–H groups in total. The Kier molecular flexibility index (Phi) is 6.42. The van der Waals surface area contributed by atoms with Crippen molar-refractivity contribution in [3.8, 4) is 22.8 Å². The van der Waals surface area contributed by atoms with Crippen molar-refractivity contribution in [3.63, 3.8) is 0 Å². The van der Waals surface area contributed by atoms with E-state index in [1.54, 1.807) is 0 Å². The van der Waals surface area contributed by atoms with Crippen molar-refractivity contribution < 1.29 is 14.4 Å². The molecule has 0 fully saturated rings. The Labute approximate surface area is 215 Å². The summed E-state index contributed by atoms with van der Waals surface area (Å²) in [5.74, 6) is 1.23. The van der Waals surface area contributed by atoms with Crippen LogP contribution in [-0.4, -0.2) is 59.6 Å². The van der Waals surface area contributed by atoms with Crippen molar-refractivity contribution in [1.29, 1.82) is 0 Å². The van der Waals surface area contributed by atoms with Crippen LogP contribution in [-0.2, 0) is 17.8 Å². The molecular weight excluding hydrogens is 486 g/mol. The predicted octanol–water partition coefficient (Wildman–Crippen LogP) is 2.92. The predicted molar refractivity (Wildman–Crippen MR) is 139 cm³/mol. The van der Waals surface area contributed by atoms with E-state index in [0.717, 1.165) is 21.9 Å². The Morgan fingerprint density at radius 1 is 0.921 bits per heavy atom. The summed E-state index contributed by atoms with van der Waals surface area (Å²) in [4.78, 5) is 22.8. The molecule has 38 heavy (non-hydrogen) atoms. The Morgan fingerprint density at radius 2 is 1.74 bits per heavy atom. The topological polar surface area (TPSA) is 134 Å². The molecule has 0 spiro atoms. The minimum absolute atomic E-state index is 0.0933. The van der Waals surface area contributed by atoms with Gasteiger partial charge in [-0.2, -0.15) is 4.98 Å². The molecule has 0 aliphatic rings. The molecule has 3 aromatic heterocycles. The highest BCUT2D eigenvalue weighted by Gasteiger charge is 2.20. The second kappa shape index (κ2) is 10.3. The number of ether oxygens (including phenoxy) is 1. The molecule has 6 rings (SSSR count). The third-order valence-corrected chi connectivity index (χ3v) is 6.13. The van der Waals surface area contributed by atoms with Crippen LogP contribution in [0.2, 0.25) is 0 Å². The van der Waals surface area contributed by atoms with Crippen LogP contribution in [0, 0.1) is 0 Å². The van der Waals surface area contributed by atoms with Crippen molar-refractivity contribution in [3.05, 3.63) is 89.0 Å². The summed E-state index contributed by atoms with van der Waals surface area (Å²) in [5, 5.41) is 23.5. The molecular formula is C27H23N7O4. The van der Waals surface area contributed by atoms with Crippen LogP contribution < -0.4 is 5.56 Å². The number of aliphatic hydroxyl groups excluding tert-OH is 1. The molecule has 0 aliphatic carbocycles. The number of hydrogen-bond donors (Lipinski definition) is 1. The molecule has 0 radical (unpaired) electrons. The molecule has 11 nitrogen and oxygen atoms in total. The van der Waals surface area contributed by atoms with Gasteiger partial charge in [0.05, 0.1) is 26.4 Å². The van der Waals surface area contributed by atoms with Gasteiger partial charge >= 0.3 is 0 Å². The van der Waals surface area contributed by atoms with Crippen LogP contribution in [0.3, 0.4) is 0 Å². The summed E-state index contributed by atoms with van der Waals surface area (Å²) in [6.45, 7) is 0.673. The Morgan fingerprint density at radius 3 is 2.61 bits per heavy atom. The average Bonchev–Trinajstić information content (AvgIpc) is 3.59. The summed E-state index contributed by atoms with van der Waals surface area (Å²) in [7, 11) is 0. The molecule has 0 atom stereocenters. The monoisotopic (exact) mass is 509 g/mol. The van der Waals surface area contributed by atoms with Gasteiger partial charge in [-0.1, -0.05) is 83.2 Å². The third kappa shape index (κ3) is 4.44. The summed E-state index contributed by atoms with van der Waals surface area (Å²) in [6.07, 6.45) is 0. The lowest BCUT2D eigenvalue weighted by molar-refractivity contribution is 0.0867. The van der Waals surface area contributed by atoms with E-state index in [-0.39, 0.29) is 44.0 Å². The van der Waals surface area contributed by atoms with Crippen molar-refractivity contribution >= 4 is 21.9 Å². The highest BCUT2D eigenvalue weighted by molar-refractivity contribution is 5.94. The van der Waals surface area contributed by atoms with Gasteiger partial charge in [0, 0.05) is 11.1 Å². The fourth-order valence-electron chi connectivity index (χ4n) is 4.36. The Balaban J connectivity index is 1.37. The van der Waals surface area contributed by atoms with Gasteiger partial charge in [-0.25, -0.2) is 9.67 Å². The van der Waals surface area contributed by atoms with Gasteiger partial charge in [0.2, 0.25) is 11.7 Å². The first-order valence-electron chi connectivity index (χ1n) is 12.1. The molecule has 3 aromatic carbocycles. The normalized spacial score (nSPS) is 11.5. The van der Waals surface area contributed by atoms with Crippen LogP contribution in [0.25, 0.3) is 44.7 Å². The van der Waals surface area contributed by atoms with Gasteiger partial charge in [0.1, 0.15) is 12.4 Å². The standard InChI is InChI=1S/C27H23N7O4/c35-14-16-37-15-13-33-25(19-8-2-1-3-9-19)29-26-23(27(33)36)30-32-34(26)17-22-28-24(31-38-22)21-12-6-10-18-7-4-5-11-20(18)21/h1-12,35H,13-17H2. The largest absolute Gasteiger partial charge is 0.394 e. The van der Waals surface area contributed by atoms with Crippen LogP contribution in [0.4, 0.5) is 0 Å². The Hall–Kier alpha value is -4.74. The molecule has 0 saturated heterocycles. The second-order valence-electron chi connectivity index (χ2n) is 8.55. The number of nitrogens with zero attached hydrogens (tertiary/aromatic N) is 7. The first kappa shape index (κ1) is 23.6. The van der Waals surface area contributed by atoms with E-state index >= 15 is 0 Å². The number of rotatable bonds is 9. The minimum atomic E-state index is -0.338. The van der Waals surface area contributed by atoms with Crippen LogP contribution >= 0.6 is 0 Å². The zero-order valence-electron chi connectivity index (χ0n) is 20.3. The first-order chi connectivity index (χ1) is 18.7. The lowest BCUT2D eigenvalue weighted by Gasteiger charge is -2.12. The summed E-state index contributed by atoms with van der Waals surface area (Å²) < 4.78 is 13.9. The molecule has 0 amide bonds. The van der Waals surface area contributed by atoms with Gasteiger partial charge < -0.3 is 14.4 Å². The van der Waals surface area contributed by atoms with Gasteiger partial charge in [0.15, 0.2) is 11.2 Å². The van der Waals surface area contributed by atoms with E-state index in [4.69, 9.17) is 19.4 Å². The fraction of sp³-hybridized carbons (Fsp3) is 0.185. The quantitative estimate of drug-likeness (QED) is 0.292. The molecule has 190 valence electrons. The highest BCUT2D eigenvalue weighted by atomic mass is 16.5. The first-order valence-corrected chi connectivity index (χ1v) is 12.1. The fourth-order valence-corrected chi connectivity index (χ4v) is 4.36. The molecule has 0 aliphatic heterocycles. The molecule has 3 heterocycles. The molecule has 0 saturated carbocycles. The number of aromatic nitrogens is 7. The number of hydrogen-bond acceptors (Lipinski definition) is 9. The maximum Gasteiger partial charge on any atom is 0.284 e. The van der Waals surface area contributed by atoms with Gasteiger partial charge in [-0.05, 0) is 10.8 Å². The molecule has 6 aromatic rings. The van der Waals surface area contributed by atoms with E-state index in [9.17, 15) is 4.79 Å². The highest BCUT2D eigenvalue weighted by Crippen LogP contribution is 2.26. The number of aliphatic hydroxyl groups is 1. The molecule has 11 heteroatoms. The van der Waals surface area contributed by atoms with E-state index in [1.807, 2.05) is 72.8 Å². The van der Waals surface area contributed by atoms with Gasteiger partial charge in [-0.15, -0.1) is 5.10 Å². The minimum Gasteiger partial charge on any atom is -0.394 e. The summed E-state index contributed by atoms with van der Waals surface area (Å²) in [6, 6.07) is 23.3. The van der Waals surface area contributed by atoms with E-state index in [1.165, 1.54) is 9.25 Å². The van der Waals surface area contributed by atoms with Gasteiger partial charge in [-0.3, -0.25) is 9.36 Å². The maximum absolute atomic E-state index is 13.4. The van der Waals surface area contributed by atoms with Crippen LogP contribution in [0.15, 0.2) is 82.1 Å². The maximum atomic E-state index is 13.4. The number of benzene rings is 3. The number of fused-ring (bicyclic) bond motifs is 2. The van der Waals surface area contributed by atoms with Crippen molar-refractivity contribution in [2.45, 2.75) is 13.1 Å². The average molecular weight is 510 g/mol. The lowest BCUT2D eigenvalue weighted by Crippen LogP contribution is -2.26. The van der Waals surface area contributed by atoms with E-state index in [2.05, 4.69) is 20.5 Å². The summed E-state index contributed by atoms with van der Waals surface area (Å²) >= 11 is 0. The van der Waals surface area contributed by atoms with Crippen molar-refractivity contribution in [2.75, 3.05) is 19.8 Å². The SMILES string of the molecule is O=c1c2nnn(Cc3nc(-c4cccc5ccccc45)no3)c2nc(-c2ccccc2)n1CCOCCO. The van der Waals surface area contributed by atoms with E-state index < -0.39 is 0 Å². The molecule has 0 unspecified atom stereocenters. The summed E-state index contributed by atoms with van der Waals surface area (Å²) in [5.41, 5.74) is 1.72. The van der Waals surface area contributed by atoms with E-state index in [0.29, 0.717) is 23.2 Å². The van der Waals surface area contributed by atoms with Gasteiger partial charge in [0.25, 0.3) is 5.56 Å². The third-order valence-electron chi connectivity index (χ3n) is 6.13. The van der Waals surface area contributed by atoms with Crippen molar-refractivity contribution in [1.82, 2.24) is 34.7 Å².